The first kappa shape index (κ1) is 23.6. The third kappa shape index (κ3) is 5.60. The van der Waals surface area contributed by atoms with E-state index in [-0.39, 0.29) is 11.8 Å². The van der Waals surface area contributed by atoms with Crippen LogP contribution in [0.4, 0.5) is 5.69 Å². The zero-order valence-corrected chi connectivity index (χ0v) is 20.7. The minimum atomic E-state index is -0.108. The van der Waals surface area contributed by atoms with E-state index in [0.29, 0.717) is 17.9 Å². The second-order valence-electron chi connectivity index (χ2n) is 9.14. The van der Waals surface area contributed by atoms with Crippen molar-refractivity contribution in [1.29, 1.82) is 0 Å². The Kier molecular flexibility index (Phi) is 7.50. The minimum absolute atomic E-state index is 0.0750. The van der Waals surface area contributed by atoms with Crippen molar-refractivity contribution in [2.45, 2.75) is 37.2 Å². The monoisotopic (exact) mass is 485 g/mol. The average Bonchev–Trinajstić information content (AvgIpc) is 3.57. The van der Waals surface area contributed by atoms with E-state index >= 15 is 0 Å². The molecule has 0 atom stereocenters. The lowest BCUT2D eigenvalue weighted by Crippen LogP contribution is -2.30. The number of amides is 2. The van der Waals surface area contributed by atoms with Gasteiger partial charge in [0, 0.05) is 30.2 Å². The molecule has 0 bridgehead atoms. The molecule has 5 rings (SSSR count). The molecule has 0 spiro atoms. The molecular weight excluding hydrogens is 454 g/mol. The maximum Gasteiger partial charge on any atom is 0.252 e. The highest BCUT2D eigenvalue weighted by Crippen LogP contribution is 2.30. The van der Waals surface area contributed by atoms with Crippen LogP contribution in [0.1, 0.15) is 39.9 Å². The molecule has 2 aliphatic heterocycles. The molecule has 180 valence electrons. The Bertz CT molecular complexity index is 1210. The molecule has 5 nitrogen and oxygen atoms in total. The minimum Gasteiger partial charge on any atom is -0.348 e. The summed E-state index contributed by atoms with van der Waals surface area (Å²) in [6.45, 7) is 4.43. The van der Waals surface area contributed by atoms with Gasteiger partial charge < -0.3 is 10.2 Å². The van der Waals surface area contributed by atoms with Crippen molar-refractivity contribution in [2.75, 3.05) is 30.3 Å². The van der Waals surface area contributed by atoms with E-state index in [1.54, 1.807) is 0 Å². The van der Waals surface area contributed by atoms with E-state index in [9.17, 15) is 9.59 Å². The molecule has 1 saturated heterocycles. The largest absolute Gasteiger partial charge is 0.348 e. The molecule has 2 aliphatic rings. The van der Waals surface area contributed by atoms with Gasteiger partial charge in [-0.15, -0.1) is 11.8 Å². The van der Waals surface area contributed by atoms with Gasteiger partial charge >= 0.3 is 0 Å². The van der Waals surface area contributed by atoms with Crippen LogP contribution in [0.2, 0.25) is 0 Å². The maximum atomic E-state index is 13.1. The summed E-state index contributed by atoms with van der Waals surface area (Å²) < 4.78 is 0. The molecule has 1 fully saturated rings. The summed E-state index contributed by atoms with van der Waals surface area (Å²) in [5.41, 5.74) is 5.27. The number of hydrogen-bond donors (Lipinski definition) is 1. The summed E-state index contributed by atoms with van der Waals surface area (Å²) >= 11 is 1.43. The molecule has 0 aliphatic carbocycles. The summed E-state index contributed by atoms with van der Waals surface area (Å²) in [5.74, 6) is 0.270. The molecule has 0 unspecified atom stereocenters. The topological polar surface area (TPSA) is 52.7 Å². The zero-order chi connectivity index (χ0) is 24.0. The van der Waals surface area contributed by atoms with Gasteiger partial charge in [-0.05, 0) is 67.2 Å². The van der Waals surface area contributed by atoms with E-state index < -0.39 is 0 Å². The standard InChI is InChI=1S/C29H31N3O2S/c33-28(32-18-15-22-9-3-5-13-26(22)32)21-35-27-14-6-4-12-25(27)29(34)30-19-23-10-1-2-11-24(23)20-31-16-7-8-17-31/h1-6,9-14H,7-8,15-21H2,(H,30,34). The van der Waals surface area contributed by atoms with Gasteiger partial charge in [-0.1, -0.05) is 54.6 Å². The van der Waals surface area contributed by atoms with Crippen LogP contribution in [0.15, 0.2) is 77.7 Å². The first-order valence-corrected chi connectivity index (χ1v) is 13.3. The molecule has 35 heavy (non-hydrogen) atoms. The molecule has 0 saturated carbocycles. The van der Waals surface area contributed by atoms with Gasteiger partial charge in [-0.25, -0.2) is 0 Å². The average molecular weight is 486 g/mol. The summed E-state index contributed by atoms with van der Waals surface area (Å²) in [6.07, 6.45) is 3.42. The van der Waals surface area contributed by atoms with E-state index in [1.807, 2.05) is 53.4 Å². The third-order valence-electron chi connectivity index (χ3n) is 6.82. The molecule has 0 aromatic heterocycles. The number of carbonyl (C=O) groups excluding carboxylic acids is 2. The number of rotatable bonds is 8. The van der Waals surface area contributed by atoms with Gasteiger partial charge in [0.1, 0.15) is 0 Å². The number of para-hydroxylation sites is 1. The lowest BCUT2D eigenvalue weighted by atomic mass is 10.1. The Morgan fingerprint density at radius 1 is 0.829 bits per heavy atom. The predicted octanol–water partition coefficient (Wildman–Crippen LogP) is 4.89. The summed E-state index contributed by atoms with van der Waals surface area (Å²) in [6, 6.07) is 24.0. The molecule has 1 N–H and O–H groups in total. The normalized spacial score (nSPS) is 15.3. The lowest BCUT2D eigenvalue weighted by molar-refractivity contribution is -0.116. The fourth-order valence-electron chi connectivity index (χ4n) is 4.93. The molecule has 3 aromatic carbocycles. The smallest absolute Gasteiger partial charge is 0.252 e. The first-order valence-electron chi connectivity index (χ1n) is 12.4. The molecule has 2 amide bonds. The van der Waals surface area contributed by atoms with E-state index in [0.717, 1.165) is 48.7 Å². The Morgan fingerprint density at radius 3 is 2.40 bits per heavy atom. The number of benzene rings is 3. The highest BCUT2D eigenvalue weighted by molar-refractivity contribution is 8.00. The Labute approximate surface area is 211 Å². The number of fused-ring (bicyclic) bond motifs is 1. The summed E-state index contributed by atoms with van der Waals surface area (Å²) in [5, 5.41) is 3.11. The van der Waals surface area contributed by atoms with Gasteiger partial charge in [0.15, 0.2) is 0 Å². The molecule has 2 heterocycles. The van der Waals surface area contributed by atoms with Gasteiger partial charge in [-0.2, -0.15) is 0 Å². The number of hydrogen-bond acceptors (Lipinski definition) is 4. The highest BCUT2D eigenvalue weighted by Gasteiger charge is 2.24. The molecular formula is C29H31N3O2S. The summed E-state index contributed by atoms with van der Waals surface area (Å²) in [7, 11) is 0. The van der Waals surface area contributed by atoms with Crippen LogP contribution in [0.3, 0.4) is 0 Å². The van der Waals surface area contributed by atoms with Crippen molar-refractivity contribution in [3.63, 3.8) is 0 Å². The van der Waals surface area contributed by atoms with Crippen LogP contribution in [0.5, 0.6) is 0 Å². The number of nitrogens with zero attached hydrogens (tertiary/aromatic N) is 2. The van der Waals surface area contributed by atoms with E-state index in [2.05, 4.69) is 34.5 Å². The van der Waals surface area contributed by atoms with Crippen LogP contribution in [-0.4, -0.2) is 42.1 Å². The molecule has 6 heteroatoms. The van der Waals surface area contributed by atoms with Crippen molar-refractivity contribution in [3.05, 3.63) is 95.1 Å². The quantitative estimate of drug-likeness (QED) is 0.462. The van der Waals surface area contributed by atoms with E-state index in [1.165, 1.54) is 35.7 Å². The molecule has 3 aromatic rings. The van der Waals surface area contributed by atoms with Crippen molar-refractivity contribution >= 4 is 29.3 Å². The van der Waals surface area contributed by atoms with Crippen LogP contribution in [0.25, 0.3) is 0 Å². The van der Waals surface area contributed by atoms with E-state index in [4.69, 9.17) is 0 Å². The number of anilines is 1. The first-order chi connectivity index (χ1) is 17.2. The lowest BCUT2D eigenvalue weighted by Gasteiger charge is -2.18. The fraction of sp³-hybridized carbons (Fsp3) is 0.310. The Morgan fingerprint density at radius 2 is 1.54 bits per heavy atom. The van der Waals surface area contributed by atoms with Crippen molar-refractivity contribution in [3.8, 4) is 0 Å². The Balaban J connectivity index is 1.21. The molecule has 0 radical (unpaired) electrons. The highest BCUT2D eigenvalue weighted by atomic mass is 32.2. The number of thioether (sulfide) groups is 1. The summed E-state index contributed by atoms with van der Waals surface area (Å²) in [4.78, 5) is 31.3. The maximum absolute atomic E-state index is 13.1. The van der Waals surface area contributed by atoms with Gasteiger partial charge in [0.2, 0.25) is 5.91 Å². The fourth-order valence-corrected chi connectivity index (χ4v) is 5.86. The van der Waals surface area contributed by atoms with Crippen molar-refractivity contribution in [2.24, 2.45) is 0 Å². The predicted molar refractivity (Wildman–Crippen MR) is 142 cm³/mol. The van der Waals surface area contributed by atoms with Crippen LogP contribution < -0.4 is 10.2 Å². The SMILES string of the molecule is O=C(NCc1ccccc1CN1CCCC1)c1ccccc1SCC(=O)N1CCc2ccccc21. The van der Waals surface area contributed by atoms with Gasteiger partial charge in [-0.3, -0.25) is 14.5 Å². The van der Waals surface area contributed by atoms with Gasteiger partial charge in [0.25, 0.3) is 5.91 Å². The van der Waals surface area contributed by atoms with Crippen molar-refractivity contribution in [1.82, 2.24) is 10.2 Å². The second-order valence-corrected chi connectivity index (χ2v) is 10.2. The van der Waals surface area contributed by atoms with Crippen LogP contribution in [0, 0.1) is 0 Å². The second kappa shape index (κ2) is 11.1. The number of likely N-dealkylation sites (tertiary alicyclic amines) is 1. The van der Waals surface area contributed by atoms with Gasteiger partial charge in [0.05, 0.1) is 11.3 Å². The van der Waals surface area contributed by atoms with Crippen molar-refractivity contribution < 1.29 is 9.59 Å². The van der Waals surface area contributed by atoms with Crippen LogP contribution in [-0.2, 0) is 24.3 Å². The zero-order valence-electron chi connectivity index (χ0n) is 19.9. The van der Waals surface area contributed by atoms with Crippen LogP contribution >= 0.6 is 11.8 Å². The number of carbonyl (C=O) groups is 2. The Hall–Kier alpha value is -3.09. The number of nitrogens with one attached hydrogen (secondary N) is 1. The third-order valence-corrected chi connectivity index (χ3v) is 7.88.